The molecule has 1 N–H and O–H groups in total. The molecule has 22 heavy (non-hydrogen) atoms. The summed E-state index contributed by atoms with van der Waals surface area (Å²) in [6.45, 7) is 0.561. The van der Waals surface area contributed by atoms with Crippen molar-refractivity contribution in [1.82, 2.24) is 10.1 Å². The summed E-state index contributed by atoms with van der Waals surface area (Å²) < 4.78 is 10.1. The SMILES string of the molecule is COC(=O)N1CC[C@@H](c2cc(=O)[nH]o2)C[C@H]1c1ccccc1. The van der Waals surface area contributed by atoms with E-state index < -0.39 is 0 Å². The molecule has 0 saturated carbocycles. The number of carbonyl (C=O) groups excluding carboxylic acids is 1. The number of H-pyrrole nitrogens is 1. The van der Waals surface area contributed by atoms with Crippen molar-refractivity contribution in [3.05, 3.63) is 58.1 Å². The molecule has 0 radical (unpaired) electrons. The zero-order valence-electron chi connectivity index (χ0n) is 12.3. The Hall–Kier alpha value is -2.50. The van der Waals surface area contributed by atoms with E-state index in [0.29, 0.717) is 18.7 Å². The normalized spacial score (nSPS) is 21.6. The number of aromatic amines is 1. The number of likely N-dealkylation sites (tertiary alicyclic amines) is 1. The summed E-state index contributed by atoms with van der Waals surface area (Å²) in [5.41, 5.74) is 0.817. The molecule has 0 bridgehead atoms. The van der Waals surface area contributed by atoms with E-state index in [-0.39, 0.29) is 23.6 Å². The highest BCUT2D eigenvalue weighted by atomic mass is 16.5. The summed E-state index contributed by atoms with van der Waals surface area (Å²) in [7, 11) is 1.39. The molecule has 1 fully saturated rings. The van der Waals surface area contributed by atoms with Gasteiger partial charge in [-0.25, -0.2) is 4.79 Å². The monoisotopic (exact) mass is 302 g/mol. The van der Waals surface area contributed by atoms with Crippen LogP contribution in [0.25, 0.3) is 0 Å². The van der Waals surface area contributed by atoms with Gasteiger partial charge >= 0.3 is 6.09 Å². The van der Waals surface area contributed by atoms with Crippen molar-refractivity contribution < 1.29 is 14.1 Å². The van der Waals surface area contributed by atoms with Crippen molar-refractivity contribution in [2.45, 2.75) is 24.8 Å². The smallest absolute Gasteiger partial charge is 0.409 e. The Morgan fingerprint density at radius 2 is 2.14 bits per heavy atom. The van der Waals surface area contributed by atoms with Crippen LogP contribution < -0.4 is 5.56 Å². The number of hydrogen-bond donors (Lipinski definition) is 1. The van der Waals surface area contributed by atoms with Crippen LogP contribution >= 0.6 is 0 Å². The van der Waals surface area contributed by atoms with Crippen molar-refractivity contribution >= 4 is 6.09 Å². The first-order valence-corrected chi connectivity index (χ1v) is 7.27. The molecular weight excluding hydrogens is 284 g/mol. The number of ether oxygens (including phenoxy) is 1. The summed E-state index contributed by atoms with van der Waals surface area (Å²) in [6.07, 6.45) is 1.10. The number of rotatable bonds is 2. The maximum Gasteiger partial charge on any atom is 0.409 e. The Labute approximate surface area is 127 Å². The van der Waals surface area contributed by atoms with E-state index in [2.05, 4.69) is 5.16 Å². The highest BCUT2D eigenvalue weighted by Crippen LogP contribution is 2.39. The van der Waals surface area contributed by atoms with Crippen LogP contribution in [0.1, 0.15) is 36.1 Å². The van der Waals surface area contributed by atoms with E-state index in [4.69, 9.17) is 9.26 Å². The van der Waals surface area contributed by atoms with Crippen LogP contribution in [-0.4, -0.2) is 29.8 Å². The lowest BCUT2D eigenvalue weighted by molar-refractivity contribution is 0.0815. The van der Waals surface area contributed by atoms with Gasteiger partial charge in [0.05, 0.1) is 13.2 Å². The van der Waals surface area contributed by atoms with Gasteiger partial charge in [0.15, 0.2) is 0 Å². The standard InChI is InChI=1S/C16H18N2O4/c1-21-16(20)18-8-7-12(14-10-15(19)17-22-14)9-13(18)11-5-3-2-4-6-11/h2-6,10,12-13H,7-9H2,1H3,(H,17,19)/t12-,13+/m1/s1. The van der Waals surface area contributed by atoms with Gasteiger partial charge < -0.3 is 14.2 Å². The molecule has 2 atom stereocenters. The van der Waals surface area contributed by atoms with Gasteiger partial charge in [-0.2, -0.15) is 5.16 Å². The molecule has 1 aromatic heterocycles. The maximum absolute atomic E-state index is 12.0. The lowest BCUT2D eigenvalue weighted by atomic mass is 9.86. The van der Waals surface area contributed by atoms with Gasteiger partial charge in [0.1, 0.15) is 5.76 Å². The lowest BCUT2D eigenvalue weighted by Gasteiger charge is -2.38. The van der Waals surface area contributed by atoms with E-state index in [1.54, 1.807) is 4.90 Å². The van der Waals surface area contributed by atoms with Crippen molar-refractivity contribution in [2.75, 3.05) is 13.7 Å². The number of aromatic nitrogens is 1. The molecule has 1 aromatic carbocycles. The molecule has 1 aliphatic rings. The molecule has 6 heteroatoms. The lowest BCUT2D eigenvalue weighted by Crippen LogP contribution is -2.40. The van der Waals surface area contributed by atoms with E-state index in [9.17, 15) is 9.59 Å². The zero-order chi connectivity index (χ0) is 15.5. The first kappa shape index (κ1) is 14.4. The summed E-state index contributed by atoms with van der Waals surface area (Å²) in [5, 5.41) is 2.33. The van der Waals surface area contributed by atoms with Crippen LogP contribution in [0.4, 0.5) is 4.79 Å². The van der Waals surface area contributed by atoms with E-state index in [0.717, 1.165) is 12.0 Å². The molecule has 1 aliphatic heterocycles. The average Bonchev–Trinajstić information content (AvgIpc) is 3.01. The number of benzene rings is 1. The summed E-state index contributed by atoms with van der Waals surface area (Å²) in [4.78, 5) is 25.0. The fraction of sp³-hybridized carbons (Fsp3) is 0.375. The minimum absolute atomic E-state index is 0.0902. The molecule has 0 spiro atoms. The molecule has 0 unspecified atom stereocenters. The van der Waals surface area contributed by atoms with Crippen LogP contribution in [-0.2, 0) is 4.74 Å². The van der Waals surface area contributed by atoms with Crippen molar-refractivity contribution in [1.29, 1.82) is 0 Å². The Balaban J connectivity index is 1.88. The third-order valence-corrected chi connectivity index (χ3v) is 4.14. The Kier molecular flexibility index (Phi) is 4.00. The maximum atomic E-state index is 12.0. The summed E-state index contributed by atoms with van der Waals surface area (Å²) >= 11 is 0. The third kappa shape index (κ3) is 2.77. The van der Waals surface area contributed by atoms with Crippen LogP contribution in [0, 0.1) is 0 Å². The predicted molar refractivity (Wildman–Crippen MR) is 79.6 cm³/mol. The van der Waals surface area contributed by atoms with Gasteiger partial charge in [-0.15, -0.1) is 0 Å². The van der Waals surface area contributed by atoms with Gasteiger partial charge in [-0.05, 0) is 18.4 Å². The number of amides is 1. The number of carbonyl (C=O) groups is 1. The first-order chi connectivity index (χ1) is 10.7. The Bertz CT molecular complexity index is 691. The quantitative estimate of drug-likeness (QED) is 0.925. The molecule has 2 heterocycles. The number of piperidine rings is 1. The topological polar surface area (TPSA) is 75.5 Å². The average molecular weight is 302 g/mol. The molecule has 1 amide bonds. The zero-order valence-corrected chi connectivity index (χ0v) is 12.3. The second-order valence-corrected chi connectivity index (χ2v) is 5.43. The van der Waals surface area contributed by atoms with Crippen LogP contribution in [0.15, 0.2) is 45.7 Å². The largest absolute Gasteiger partial charge is 0.453 e. The number of methoxy groups -OCH3 is 1. The molecule has 6 nitrogen and oxygen atoms in total. The number of hydrogen-bond acceptors (Lipinski definition) is 4. The fourth-order valence-corrected chi connectivity index (χ4v) is 3.05. The minimum Gasteiger partial charge on any atom is -0.453 e. The van der Waals surface area contributed by atoms with Crippen molar-refractivity contribution in [2.24, 2.45) is 0 Å². The molecular formula is C16H18N2O4. The molecule has 1 saturated heterocycles. The van der Waals surface area contributed by atoms with E-state index in [1.165, 1.54) is 13.2 Å². The van der Waals surface area contributed by atoms with Gasteiger partial charge in [-0.3, -0.25) is 4.79 Å². The fourth-order valence-electron chi connectivity index (χ4n) is 3.05. The third-order valence-electron chi connectivity index (χ3n) is 4.14. The molecule has 2 aromatic rings. The Morgan fingerprint density at radius 3 is 2.77 bits per heavy atom. The van der Waals surface area contributed by atoms with E-state index >= 15 is 0 Å². The van der Waals surface area contributed by atoms with Crippen molar-refractivity contribution in [3.8, 4) is 0 Å². The highest BCUT2D eigenvalue weighted by Gasteiger charge is 2.35. The van der Waals surface area contributed by atoms with Crippen LogP contribution in [0.2, 0.25) is 0 Å². The summed E-state index contributed by atoms with van der Waals surface area (Å²) in [6, 6.07) is 11.2. The predicted octanol–water partition coefficient (Wildman–Crippen LogP) is 2.66. The second-order valence-electron chi connectivity index (χ2n) is 5.43. The van der Waals surface area contributed by atoms with Crippen LogP contribution in [0.3, 0.4) is 0 Å². The molecule has 0 aliphatic carbocycles. The first-order valence-electron chi connectivity index (χ1n) is 7.27. The van der Waals surface area contributed by atoms with Gasteiger partial charge in [-0.1, -0.05) is 30.3 Å². The van der Waals surface area contributed by atoms with Crippen molar-refractivity contribution in [3.63, 3.8) is 0 Å². The second kappa shape index (κ2) is 6.09. The van der Waals surface area contributed by atoms with Gasteiger partial charge in [0.2, 0.25) is 0 Å². The van der Waals surface area contributed by atoms with Gasteiger partial charge in [0, 0.05) is 18.5 Å². The number of nitrogens with zero attached hydrogens (tertiary/aromatic N) is 1. The van der Waals surface area contributed by atoms with Gasteiger partial charge in [0.25, 0.3) is 5.56 Å². The molecule has 3 rings (SSSR count). The highest BCUT2D eigenvalue weighted by molar-refractivity contribution is 5.68. The minimum atomic E-state index is -0.331. The Morgan fingerprint density at radius 1 is 1.36 bits per heavy atom. The van der Waals surface area contributed by atoms with Crippen LogP contribution in [0.5, 0.6) is 0 Å². The number of nitrogens with one attached hydrogen (secondary N) is 1. The molecule has 116 valence electrons. The van der Waals surface area contributed by atoms with E-state index in [1.807, 2.05) is 30.3 Å². The summed E-state index contributed by atoms with van der Waals surface area (Å²) in [5.74, 6) is 0.750.